The average molecular weight is 414 g/mol. The van der Waals surface area contributed by atoms with Gasteiger partial charge in [0.05, 0.1) is 30.3 Å². The zero-order valence-corrected chi connectivity index (χ0v) is 15.6. The lowest BCUT2D eigenvalue weighted by Crippen LogP contribution is -2.43. The number of hydrogen-bond acceptors (Lipinski definition) is 7. The third kappa shape index (κ3) is 4.48. The maximum absolute atomic E-state index is 13.2. The number of ether oxygens (including phenoxy) is 2. The lowest BCUT2D eigenvalue weighted by atomic mass is 10.1. The summed E-state index contributed by atoms with van der Waals surface area (Å²) in [6.45, 7) is 0.212. The maximum Gasteiger partial charge on any atom is 0.339 e. The molecule has 1 aliphatic rings. The molecule has 2 aromatic heterocycles. The third-order valence-corrected chi connectivity index (χ3v) is 4.63. The van der Waals surface area contributed by atoms with Crippen molar-refractivity contribution in [1.29, 1.82) is 0 Å². The number of nitrogens with zero attached hydrogens (tertiary/aromatic N) is 3. The van der Waals surface area contributed by atoms with Crippen LogP contribution in [0.1, 0.15) is 16.8 Å². The summed E-state index contributed by atoms with van der Waals surface area (Å²) >= 11 is 5.79. The van der Waals surface area contributed by atoms with Crippen molar-refractivity contribution in [3.05, 3.63) is 47.2 Å². The molecule has 0 aliphatic carbocycles. The molecule has 2 aromatic rings. The van der Waals surface area contributed by atoms with Crippen LogP contribution >= 0.6 is 11.6 Å². The van der Waals surface area contributed by atoms with E-state index in [1.807, 2.05) is 0 Å². The molecule has 0 radical (unpaired) electrons. The second-order valence-electron chi connectivity index (χ2n) is 6.23. The molecule has 1 N–H and O–H groups in total. The highest BCUT2D eigenvalue weighted by molar-refractivity contribution is 6.30. The molecule has 3 atom stereocenters. The second kappa shape index (κ2) is 8.66. The Hall–Kier alpha value is -2.52. The Labute approximate surface area is 164 Å². The molecule has 0 aromatic carbocycles. The van der Waals surface area contributed by atoms with Gasteiger partial charge in [0.1, 0.15) is 18.0 Å². The molecule has 7 nitrogen and oxygen atoms in total. The molecular weight excluding hydrogens is 396 g/mol. The zero-order valence-electron chi connectivity index (χ0n) is 14.8. The fourth-order valence-corrected chi connectivity index (χ4v) is 3.18. The molecule has 1 aliphatic heterocycles. The number of hydrogen-bond donors (Lipinski definition) is 1. The zero-order chi connectivity index (χ0) is 20.3. The Bertz CT molecular complexity index is 807. The molecule has 0 amide bonds. The van der Waals surface area contributed by atoms with E-state index in [1.165, 1.54) is 31.6 Å². The number of rotatable bonds is 6. The summed E-state index contributed by atoms with van der Waals surface area (Å²) in [5.41, 5.74) is 0.231. The number of carbonyl (C=O) groups is 1. The van der Waals surface area contributed by atoms with Gasteiger partial charge >= 0.3 is 5.97 Å². The fraction of sp³-hybridized carbons (Fsp3) is 0.389. The van der Waals surface area contributed by atoms with E-state index < -0.39 is 30.6 Å². The van der Waals surface area contributed by atoms with Crippen LogP contribution in [0, 0.1) is 0 Å². The van der Waals surface area contributed by atoms with Gasteiger partial charge in [-0.15, -0.1) is 0 Å². The smallest absolute Gasteiger partial charge is 0.339 e. The van der Waals surface area contributed by atoms with Crippen LogP contribution in [0.15, 0.2) is 36.7 Å². The number of anilines is 1. The van der Waals surface area contributed by atoms with E-state index in [0.29, 0.717) is 16.7 Å². The molecule has 150 valence electrons. The van der Waals surface area contributed by atoms with Crippen LogP contribution in [0.25, 0.3) is 0 Å². The van der Waals surface area contributed by atoms with E-state index in [4.69, 9.17) is 16.3 Å². The van der Waals surface area contributed by atoms with Crippen LogP contribution in [0.3, 0.4) is 0 Å². The summed E-state index contributed by atoms with van der Waals surface area (Å²) in [6.07, 6.45) is -2.43. The van der Waals surface area contributed by atoms with Crippen molar-refractivity contribution < 1.29 is 28.2 Å². The van der Waals surface area contributed by atoms with E-state index >= 15 is 0 Å². The first kappa shape index (κ1) is 20.2. The highest BCUT2D eigenvalue weighted by Crippen LogP contribution is 2.30. The Morgan fingerprint density at radius 2 is 2.07 bits per heavy atom. The lowest BCUT2D eigenvalue weighted by molar-refractivity contribution is -0.0195. The van der Waals surface area contributed by atoms with E-state index in [9.17, 15) is 18.7 Å². The highest BCUT2D eigenvalue weighted by Gasteiger charge is 2.42. The molecule has 1 fully saturated rings. The summed E-state index contributed by atoms with van der Waals surface area (Å²) in [6, 6.07) is 5.27. The standard InChI is InChI=1S/C18H18ClF2N3O4/c1-27-18(26)10-2-4-14(22-7-10)24-9-12(6-13(24)16(25)17(20)21)28-15-5-3-11(19)8-23-15/h2-5,7-8,12-13,16-17,25H,6,9H2,1H3/t12-,13-,16?/m0/s1. The number of pyridine rings is 2. The van der Waals surface area contributed by atoms with Crippen LogP contribution < -0.4 is 9.64 Å². The van der Waals surface area contributed by atoms with Crippen molar-refractivity contribution >= 4 is 23.4 Å². The number of aliphatic hydroxyl groups excluding tert-OH is 1. The van der Waals surface area contributed by atoms with E-state index in [-0.39, 0.29) is 18.5 Å². The summed E-state index contributed by atoms with van der Waals surface area (Å²) in [7, 11) is 1.25. The third-order valence-electron chi connectivity index (χ3n) is 4.41. The number of methoxy groups -OCH3 is 1. The topological polar surface area (TPSA) is 84.8 Å². The highest BCUT2D eigenvalue weighted by atomic mass is 35.5. The van der Waals surface area contributed by atoms with Crippen molar-refractivity contribution in [1.82, 2.24) is 9.97 Å². The predicted octanol–water partition coefficient (Wildman–Crippen LogP) is 2.57. The lowest BCUT2D eigenvalue weighted by Gasteiger charge is -2.28. The molecule has 0 saturated carbocycles. The molecule has 3 rings (SSSR count). The first-order chi connectivity index (χ1) is 13.4. The number of esters is 1. The number of aliphatic hydroxyl groups is 1. The van der Waals surface area contributed by atoms with Crippen molar-refractivity contribution in [2.45, 2.75) is 31.1 Å². The Kier molecular flexibility index (Phi) is 6.25. The molecule has 28 heavy (non-hydrogen) atoms. The molecule has 1 unspecified atom stereocenters. The minimum atomic E-state index is -2.92. The molecular formula is C18H18ClF2N3O4. The average Bonchev–Trinajstić information content (AvgIpc) is 3.12. The SMILES string of the molecule is COC(=O)c1ccc(N2C[C@@H](Oc3ccc(Cl)cn3)C[C@H]2C(O)C(F)F)nc1. The van der Waals surface area contributed by atoms with Gasteiger partial charge in [-0.2, -0.15) is 0 Å². The molecule has 0 bridgehead atoms. The first-order valence-electron chi connectivity index (χ1n) is 8.44. The van der Waals surface area contributed by atoms with E-state index in [0.717, 1.165) is 0 Å². The second-order valence-corrected chi connectivity index (χ2v) is 6.67. The van der Waals surface area contributed by atoms with Crippen molar-refractivity contribution in [2.75, 3.05) is 18.6 Å². The summed E-state index contributed by atoms with van der Waals surface area (Å²) in [5.74, 6) is 0.0858. The minimum Gasteiger partial charge on any atom is -0.472 e. The largest absolute Gasteiger partial charge is 0.472 e. The predicted molar refractivity (Wildman–Crippen MR) is 97.0 cm³/mol. The molecule has 1 saturated heterocycles. The van der Waals surface area contributed by atoms with Crippen LogP contribution in [-0.4, -0.2) is 59.4 Å². The van der Waals surface area contributed by atoms with Gasteiger partial charge in [0.25, 0.3) is 6.43 Å². The van der Waals surface area contributed by atoms with Gasteiger partial charge in [0, 0.05) is 24.9 Å². The molecule has 10 heteroatoms. The van der Waals surface area contributed by atoms with Gasteiger partial charge in [0.15, 0.2) is 0 Å². The van der Waals surface area contributed by atoms with Crippen molar-refractivity contribution in [3.8, 4) is 5.88 Å². The summed E-state index contributed by atoms with van der Waals surface area (Å²) in [4.78, 5) is 21.3. The summed E-state index contributed by atoms with van der Waals surface area (Å²) in [5, 5.41) is 10.4. The summed E-state index contributed by atoms with van der Waals surface area (Å²) < 4.78 is 36.7. The number of aromatic nitrogens is 2. The Balaban J connectivity index is 1.80. The van der Waals surface area contributed by atoms with Crippen LogP contribution in [-0.2, 0) is 4.74 Å². The molecule has 0 spiro atoms. The quantitative estimate of drug-likeness (QED) is 0.728. The van der Waals surface area contributed by atoms with Crippen molar-refractivity contribution in [3.63, 3.8) is 0 Å². The minimum absolute atomic E-state index is 0.149. The van der Waals surface area contributed by atoms with Gasteiger partial charge < -0.3 is 19.5 Å². The van der Waals surface area contributed by atoms with E-state index in [1.54, 1.807) is 17.0 Å². The van der Waals surface area contributed by atoms with Gasteiger partial charge in [-0.1, -0.05) is 11.6 Å². The Morgan fingerprint density at radius 1 is 1.29 bits per heavy atom. The number of alkyl halides is 2. The van der Waals surface area contributed by atoms with Gasteiger partial charge in [0.2, 0.25) is 5.88 Å². The van der Waals surface area contributed by atoms with Crippen LogP contribution in [0.4, 0.5) is 14.6 Å². The van der Waals surface area contributed by atoms with Crippen molar-refractivity contribution in [2.24, 2.45) is 0 Å². The molecule has 3 heterocycles. The number of carbonyl (C=O) groups excluding carboxylic acids is 1. The van der Waals surface area contributed by atoms with Gasteiger partial charge in [-0.25, -0.2) is 23.5 Å². The normalized spacial score (nSPS) is 20.3. The van der Waals surface area contributed by atoms with Gasteiger partial charge in [-0.3, -0.25) is 0 Å². The van der Waals surface area contributed by atoms with Crippen LogP contribution in [0.2, 0.25) is 5.02 Å². The fourth-order valence-electron chi connectivity index (χ4n) is 3.06. The van der Waals surface area contributed by atoms with Gasteiger partial charge in [-0.05, 0) is 18.2 Å². The number of halogens is 3. The van der Waals surface area contributed by atoms with E-state index in [2.05, 4.69) is 14.7 Å². The first-order valence-corrected chi connectivity index (χ1v) is 8.82. The van der Waals surface area contributed by atoms with Crippen LogP contribution in [0.5, 0.6) is 5.88 Å². The Morgan fingerprint density at radius 3 is 2.64 bits per heavy atom. The maximum atomic E-state index is 13.2. The monoisotopic (exact) mass is 413 g/mol.